The molecule has 0 aromatic rings. The third-order valence-electron chi connectivity index (χ3n) is 3.18. The summed E-state index contributed by atoms with van der Waals surface area (Å²) in [4.78, 5) is 11.6. The molecule has 0 unspecified atom stereocenters. The summed E-state index contributed by atoms with van der Waals surface area (Å²) in [6, 6.07) is 0.333. The third kappa shape index (κ3) is 17.4. The molecule has 1 fully saturated rings. The van der Waals surface area contributed by atoms with Crippen LogP contribution in [-0.2, 0) is 9.53 Å². The molecule has 0 aromatic carbocycles. The van der Waals surface area contributed by atoms with Gasteiger partial charge in [-0.3, -0.25) is 4.79 Å². The van der Waals surface area contributed by atoms with Gasteiger partial charge >= 0.3 is 5.97 Å². The molecule has 3 nitrogen and oxygen atoms in total. The highest BCUT2D eigenvalue weighted by Crippen LogP contribution is 2.24. The van der Waals surface area contributed by atoms with E-state index >= 15 is 0 Å². The minimum Gasteiger partial charge on any atom is -0.465 e. The highest BCUT2D eigenvalue weighted by molar-refractivity contribution is 5.72. The van der Waals surface area contributed by atoms with E-state index in [0.717, 1.165) is 19.3 Å². The molecule has 1 aliphatic carbocycles. The average molecular weight is 302 g/mol. The van der Waals surface area contributed by atoms with Crippen LogP contribution in [0.3, 0.4) is 0 Å². The van der Waals surface area contributed by atoms with E-state index in [0.29, 0.717) is 12.6 Å². The van der Waals surface area contributed by atoms with Gasteiger partial charge in [-0.1, -0.05) is 73.1 Å². The predicted molar refractivity (Wildman–Crippen MR) is 92.3 cm³/mol. The van der Waals surface area contributed by atoms with Crippen LogP contribution >= 0.6 is 0 Å². The molecule has 0 atom stereocenters. The van der Waals surface area contributed by atoms with Crippen LogP contribution in [0.4, 0.5) is 0 Å². The van der Waals surface area contributed by atoms with E-state index in [-0.39, 0.29) is 11.9 Å². The Kier molecular flexibility index (Phi) is 18.9. The minimum atomic E-state index is 0.0613. The molecule has 0 saturated heterocycles. The maximum Gasteiger partial charge on any atom is 0.308 e. The van der Waals surface area contributed by atoms with E-state index in [4.69, 9.17) is 10.5 Å². The smallest absolute Gasteiger partial charge is 0.308 e. The minimum absolute atomic E-state index is 0.0613. The van der Waals surface area contributed by atoms with Crippen molar-refractivity contribution in [3.05, 3.63) is 0 Å². The van der Waals surface area contributed by atoms with E-state index in [9.17, 15) is 4.79 Å². The van der Waals surface area contributed by atoms with E-state index in [1.165, 1.54) is 38.5 Å². The van der Waals surface area contributed by atoms with Crippen molar-refractivity contribution in [1.29, 1.82) is 0 Å². The van der Waals surface area contributed by atoms with Gasteiger partial charge in [-0.05, 0) is 25.3 Å². The lowest BCUT2D eigenvalue weighted by Crippen LogP contribution is -2.20. The Morgan fingerprint density at radius 1 is 1.10 bits per heavy atom. The largest absolute Gasteiger partial charge is 0.465 e. The molecule has 1 rings (SSSR count). The Labute approximate surface area is 133 Å². The fourth-order valence-electron chi connectivity index (χ4n) is 2.16. The first-order chi connectivity index (χ1) is 10.1. The van der Waals surface area contributed by atoms with Gasteiger partial charge in [0.2, 0.25) is 0 Å². The molecule has 128 valence electrons. The van der Waals surface area contributed by atoms with Crippen LogP contribution in [0.2, 0.25) is 0 Å². The van der Waals surface area contributed by atoms with Crippen LogP contribution in [0.1, 0.15) is 92.4 Å². The number of esters is 1. The second-order valence-corrected chi connectivity index (χ2v) is 5.81. The number of hydrogen-bond acceptors (Lipinski definition) is 3. The molecule has 2 N–H and O–H groups in total. The molecular formula is C18H39NO2. The van der Waals surface area contributed by atoms with Crippen LogP contribution in [0.25, 0.3) is 0 Å². The Balaban J connectivity index is 0. The van der Waals surface area contributed by atoms with Gasteiger partial charge in [0.15, 0.2) is 0 Å². The van der Waals surface area contributed by atoms with Crippen molar-refractivity contribution < 1.29 is 9.53 Å². The van der Waals surface area contributed by atoms with Gasteiger partial charge < -0.3 is 10.5 Å². The molecule has 0 spiro atoms. The van der Waals surface area contributed by atoms with E-state index in [1.54, 1.807) is 0 Å². The van der Waals surface area contributed by atoms with Crippen LogP contribution in [0, 0.1) is 5.92 Å². The van der Waals surface area contributed by atoms with Gasteiger partial charge in [-0.25, -0.2) is 0 Å². The number of rotatable bonds is 6. The first-order valence-electron chi connectivity index (χ1n) is 9.00. The molecule has 1 saturated carbocycles. The van der Waals surface area contributed by atoms with E-state index in [1.807, 2.05) is 27.7 Å². The second kappa shape index (κ2) is 17.5. The van der Waals surface area contributed by atoms with Gasteiger partial charge in [0.25, 0.3) is 0 Å². The Morgan fingerprint density at radius 2 is 1.62 bits per heavy atom. The normalized spacial score (nSPS) is 14.6. The first kappa shape index (κ1) is 22.7. The van der Waals surface area contributed by atoms with Crippen LogP contribution in [0.15, 0.2) is 0 Å². The van der Waals surface area contributed by atoms with Crippen molar-refractivity contribution in [3.63, 3.8) is 0 Å². The van der Waals surface area contributed by atoms with Gasteiger partial charge in [-0.2, -0.15) is 0 Å². The summed E-state index contributed by atoms with van der Waals surface area (Å²) in [5, 5.41) is 0. The van der Waals surface area contributed by atoms with Crippen molar-refractivity contribution in [2.75, 3.05) is 6.61 Å². The van der Waals surface area contributed by atoms with Crippen LogP contribution in [0.5, 0.6) is 0 Å². The molecule has 0 aromatic heterocycles. The van der Waals surface area contributed by atoms with Gasteiger partial charge in [0.1, 0.15) is 0 Å². The summed E-state index contributed by atoms with van der Waals surface area (Å²) >= 11 is 0. The van der Waals surface area contributed by atoms with Crippen molar-refractivity contribution in [1.82, 2.24) is 0 Å². The zero-order chi connectivity index (χ0) is 16.5. The molecule has 0 heterocycles. The summed E-state index contributed by atoms with van der Waals surface area (Å²) in [5.41, 5.74) is 5.11. The highest BCUT2D eigenvalue weighted by atomic mass is 16.5. The Hall–Kier alpha value is -0.570. The van der Waals surface area contributed by atoms with Crippen molar-refractivity contribution in [2.24, 2.45) is 11.7 Å². The van der Waals surface area contributed by atoms with Gasteiger partial charge in [-0.15, -0.1) is 0 Å². The molecule has 0 radical (unpaired) electrons. The zero-order valence-corrected chi connectivity index (χ0v) is 15.1. The SMILES string of the molecule is CC.CC(C)N.CCCCCCOC(=O)C1CCCCC1. The summed E-state index contributed by atoms with van der Waals surface area (Å²) in [6.07, 6.45) is 10.5. The monoisotopic (exact) mass is 301 g/mol. The molecule has 1 aliphatic rings. The van der Waals surface area contributed by atoms with Gasteiger partial charge in [0, 0.05) is 0 Å². The quantitative estimate of drug-likeness (QED) is 0.550. The Bertz CT molecular complexity index is 209. The van der Waals surface area contributed by atoms with E-state index in [2.05, 4.69) is 6.92 Å². The van der Waals surface area contributed by atoms with Crippen molar-refractivity contribution >= 4 is 5.97 Å². The standard InChI is InChI=1S/C13H24O2.C3H9N.C2H6/c1-2-3-4-8-11-15-13(14)12-9-6-5-7-10-12;1-3(2)4;1-2/h12H,2-11H2,1H3;3H,4H2,1-2H3;1-2H3. The number of carbonyl (C=O) groups excluding carboxylic acids is 1. The second-order valence-electron chi connectivity index (χ2n) is 5.81. The molecule has 21 heavy (non-hydrogen) atoms. The molecule has 0 amide bonds. The topological polar surface area (TPSA) is 52.3 Å². The van der Waals surface area contributed by atoms with Gasteiger partial charge in [0.05, 0.1) is 12.5 Å². The number of nitrogens with two attached hydrogens (primary N) is 1. The maximum atomic E-state index is 11.6. The van der Waals surface area contributed by atoms with Crippen molar-refractivity contribution in [3.8, 4) is 0 Å². The highest BCUT2D eigenvalue weighted by Gasteiger charge is 2.21. The zero-order valence-electron chi connectivity index (χ0n) is 15.1. The Morgan fingerprint density at radius 3 is 2.10 bits per heavy atom. The first-order valence-corrected chi connectivity index (χ1v) is 9.00. The summed E-state index contributed by atoms with van der Waals surface area (Å²) < 4.78 is 5.29. The fourth-order valence-corrected chi connectivity index (χ4v) is 2.16. The lowest BCUT2D eigenvalue weighted by Gasteiger charge is -2.19. The summed E-state index contributed by atoms with van der Waals surface area (Å²) in [5.74, 6) is 0.274. The summed E-state index contributed by atoms with van der Waals surface area (Å²) in [6.45, 7) is 10.7. The number of ether oxygens (including phenoxy) is 1. The lowest BCUT2D eigenvalue weighted by molar-refractivity contribution is -0.149. The predicted octanol–water partition coefficient (Wildman–Crippen LogP) is 5.07. The maximum absolute atomic E-state index is 11.6. The third-order valence-corrected chi connectivity index (χ3v) is 3.18. The number of carbonyl (C=O) groups is 1. The molecule has 0 bridgehead atoms. The molecule has 0 aliphatic heterocycles. The molecule has 3 heteroatoms. The van der Waals surface area contributed by atoms with Crippen LogP contribution < -0.4 is 5.73 Å². The lowest BCUT2D eigenvalue weighted by atomic mass is 9.89. The van der Waals surface area contributed by atoms with Crippen LogP contribution in [-0.4, -0.2) is 18.6 Å². The number of hydrogen-bond donors (Lipinski definition) is 1. The molecular weight excluding hydrogens is 262 g/mol. The van der Waals surface area contributed by atoms with E-state index < -0.39 is 0 Å². The average Bonchev–Trinajstić information content (AvgIpc) is 2.49. The number of unbranched alkanes of at least 4 members (excludes halogenated alkanes) is 3. The summed E-state index contributed by atoms with van der Waals surface area (Å²) in [7, 11) is 0. The van der Waals surface area contributed by atoms with Crippen molar-refractivity contribution in [2.45, 2.75) is 98.4 Å². The fraction of sp³-hybridized carbons (Fsp3) is 0.944.